The SMILES string of the molecule is Cc1nc2cc(NC(=O)c3csc(-c4cnccn4)n3)ccc2s1. The van der Waals surface area contributed by atoms with Gasteiger partial charge in [-0.05, 0) is 25.1 Å². The molecule has 1 aromatic carbocycles. The topological polar surface area (TPSA) is 80.7 Å². The van der Waals surface area contributed by atoms with Crippen molar-refractivity contribution >= 4 is 44.5 Å². The molecule has 0 atom stereocenters. The number of thiazole rings is 2. The molecule has 0 radical (unpaired) electrons. The zero-order valence-corrected chi connectivity index (χ0v) is 14.2. The lowest BCUT2D eigenvalue weighted by Crippen LogP contribution is -2.12. The number of aryl methyl sites for hydroxylation is 1. The number of rotatable bonds is 3. The molecule has 3 aromatic heterocycles. The van der Waals surface area contributed by atoms with E-state index in [1.807, 2.05) is 25.1 Å². The predicted molar refractivity (Wildman–Crippen MR) is 95.5 cm³/mol. The van der Waals surface area contributed by atoms with Gasteiger partial charge in [-0.3, -0.25) is 14.8 Å². The van der Waals surface area contributed by atoms with Crippen LogP contribution in [0, 0.1) is 6.92 Å². The lowest BCUT2D eigenvalue weighted by molar-refractivity contribution is 0.102. The van der Waals surface area contributed by atoms with Crippen molar-refractivity contribution in [3.8, 4) is 10.7 Å². The third-order valence-corrected chi connectivity index (χ3v) is 5.09. The Morgan fingerprint density at radius 1 is 1.21 bits per heavy atom. The lowest BCUT2D eigenvalue weighted by atomic mass is 10.3. The molecular weight excluding hydrogens is 342 g/mol. The normalized spacial score (nSPS) is 10.9. The molecule has 0 aliphatic rings. The summed E-state index contributed by atoms with van der Waals surface area (Å²) >= 11 is 2.99. The van der Waals surface area contributed by atoms with Gasteiger partial charge in [0.15, 0.2) is 0 Å². The smallest absolute Gasteiger partial charge is 0.275 e. The number of anilines is 1. The summed E-state index contributed by atoms with van der Waals surface area (Å²) < 4.78 is 1.10. The van der Waals surface area contributed by atoms with E-state index in [1.165, 1.54) is 11.3 Å². The number of hydrogen-bond acceptors (Lipinski definition) is 7. The van der Waals surface area contributed by atoms with Crippen LogP contribution in [0.2, 0.25) is 0 Å². The number of aromatic nitrogens is 4. The third-order valence-electron chi connectivity index (χ3n) is 3.27. The highest BCUT2D eigenvalue weighted by Crippen LogP contribution is 2.25. The molecule has 6 nitrogen and oxygen atoms in total. The van der Waals surface area contributed by atoms with Crippen LogP contribution < -0.4 is 5.32 Å². The van der Waals surface area contributed by atoms with E-state index in [0.717, 1.165) is 15.2 Å². The zero-order valence-electron chi connectivity index (χ0n) is 12.6. The van der Waals surface area contributed by atoms with Gasteiger partial charge in [-0.25, -0.2) is 9.97 Å². The summed E-state index contributed by atoms with van der Waals surface area (Å²) in [7, 11) is 0. The van der Waals surface area contributed by atoms with E-state index in [0.29, 0.717) is 22.1 Å². The van der Waals surface area contributed by atoms with Crippen LogP contribution in [0.5, 0.6) is 0 Å². The Hall–Kier alpha value is -2.71. The van der Waals surface area contributed by atoms with Crippen molar-refractivity contribution in [1.82, 2.24) is 19.9 Å². The zero-order chi connectivity index (χ0) is 16.5. The molecule has 0 saturated heterocycles. The Labute approximate surface area is 145 Å². The summed E-state index contributed by atoms with van der Waals surface area (Å²) in [5.74, 6) is -0.257. The van der Waals surface area contributed by atoms with Gasteiger partial charge in [0.2, 0.25) is 0 Å². The van der Waals surface area contributed by atoms with Gasteiger partial charge >= 0.3 is 0 Å². The first-order valence-corrected chi connectivity index (χ1v) is 8.79. The summed E-state index contributed by atoms with van der Waals surface area (Å²) in [5.41, 5.74) is 2.59. The van der Waals surface area contributed by atoms with Crippen LogP contribution >= 0.6 is 22.7 Å². The summed E-state index contributed by atoms with van der Waals surface area (Å²) in [4.78, 5) is 29.3. The minimum atomic E-state index is -0.257. The largest absolute Gasteiger partial charge is 0.321 e. The number of benzene rings is 1. The van der Waals surface area contributed by atoms with E-state index in [4.69, 9.17) is 0 Å². The molecule has 4 rings (SSSR count). The highest BCUT2D eigenvalue weighted by molar-refractivity contribution is 7.18. The minimum absolute atomic E-state index is 0.257. The Morgan fingerprint density at radius 2 is 2.12 bits per heavy atom. The van der Waals surface area contributed by atoms with Crippen molar-refractivity contribution in [3.05, 3.63) is 52.9 Å². The molecule has 0 saturated carbocycles. The molecule has 0 aliphatic heterocycles. The maximum Gasteiger partial charge on any atom is 0.275 e. The van der Waals surface area contributed by atoms with E-state index in [2.05, 4.69) is 25.3 Å². The standard InChI is InChI=1S/C16H11N5OS2/c1-9-19-11-6-10(2-3-14(11)24-9)20-15(22)13-8-23-16(21-13)12-7-17-4-5-18-12/h2-8H,1H3,(H,20,22). The van der Waals surface area contributed by atoms with Crippen LogP contribution in [0.3, 0.4) is 0 Å². The molecule has 1 amide bonds. The highest BCUT2D eigenvalue weighted by atomic mass is 32.1. The summed E-state index contributed by atoms with van der Waals surface area (Å²) in [6.07, 6.45) is 4.82. The van der Waals surface area contributed by atoms with Crippen molar-refractivity contribution in [2.75, 3.05) is 5.32 Å². The fraction of sp³-hybridized carbons (Fsp3) is 0.0625. The van der Waals surface area contributed by atoms with E-state index >= 15 is 0 Å². The number of hydrogen-bond donors (Lipinski definition) is 1. The molecule has 0 fully saturated rings. The van der Waals surface area contributed by atoms with Crippen LogP contribution in [0.4, 0.5) is 5.69 Å². The Bertz CT molecular complexity index is 1030. The molecule has 24 heavy (non-hydrogen) atoms. The Kier molecular flexibility index (Phi) is 3.75. The Balaban J connectivity index is 1.56. The first kappa shape index (κ1) is 14.9. The van der Waals surface area contributed by atoms with Crippen LogP contribution in [0.15, 0.2) is 42.2 Å². The second-order valence-electron chi connectivity index (χ2n) is 5.00. The van der Waals surface area contributed by atoms with Gasteiger partial charge in [0, 0.05) is 23.5 Å². The average molecular weight is 353 g/mol. The van der Waals surface area contributed by atoms with Gasteiger partial charge < -0.3 is 5.32 Å². The fourth-order valence-electron chi connectivity index (χ4n) is 2.22. The second kappa shape index (κ2) is 6.06. The fourth-order valence-corrected chi connectivity index (χ4v) is 3.79. The van der Waals surface area contributed by atoms with Crippen molar-refractivity contribution in [1.29, 1.82) is 0 Å². The molecule has 118 valence electrons. The summed E-state index contributed by atoms with van der Waals surface area (Å²) in [6, 6.07) is 5.70. The Morgan fingerprint density at radius 3 is 2.96 bits per heavy atom. The van der Waals surface area contributed by atoms with E-state index in [-0.39, 0.29) is 5.91 Å². The predicted octanol–water partition coefficient (Wildman–Crippen LogP) is 3.77. The minimum Gasteiger partial charge on any atom is -0.321 e. The molecule has 0 bridgehead atoms. The van der Waals surface area contributed by atoms with Crippen LogP contribution in [0.25, 0.3) is 20.9 Å². The molecule has 3 heterocycles. The van der Waals surface area contributed by atoms with Crippen molar-refractivity contribution < 1.29 is 4.79 Å². The number of amides is 1. The lowest BCUT2D eigenvalue weighted by Gasteiger charge is -2.02. The molecule has 4 aromatic rings. The molecular formula is C16H11N5OS2. The van der Waals surface area contributed by atoms with Crippen LogP contribution in [0.1, 0.15) is 15.5 Å². The maximum absolute atomic E-state index is 12.4. The van der Waals surface area contributed by atoms with Gasteiger partial charge in [-0.1, -0.05) is 0 Å². The molecule has 8 heteroatoms. The van der Waals surface area contributed by atoms with Crippen LogP contribution in [-0.2, 0) is 0 Å². The van der Waals surface area contributed by atoms with Crippen molar-refractivity contribution in [2.24, 2.45) is 0 Å². The number of fused-ring (bicyclic) bond motifs is 1. The molecule has 0 aliphatic carbocycles. The monoisotopic (exact) mass is 353 g/mol. The quantitative estimate of drug-likeness (QED) is 0.606. The maximum atomic E-state index is 12.4. The average Bonchev–Trinajstić information content (AvgIpc) is 3.21. The molecule has 0 spiro atoms. The first-order valence-electron chi connectivity index (χ1n) is 7.09. The van der Waals surface area contributed by atoms with Gasteiger partial charge in [-0.2, -0.15) is 0 Å². The number of carbonyl (C=O) groups is 1. The third kappa shape index (κ3) is 2.89. The van der Waals surface area contributed by atoms with Gasteiger partial charge in [0.25, 0.3) is 5.91 Å². The van der Waals surface area contributed by atoms with Gasteiger partial charge in [0.05, 0.1) is 21.4 Å². The number of nitrogens with one attached hydrogen (secondary N) is 1. The first-order chi connectivity index (χ1) is 11.7. The van der Waals surface area contributed by atoms with Crippen molar-refractivity contribution in [2.45, 2.75) is 6.92 Å². The van der Waals surface area contributed by atoms with E-state index < -0.39 is 0 Å². The van der Waals surface area contributed by atoms with E-state index in [9.17, 15) is 4.79 Å². The summed E-state index contributed by atoms with van der Waals surface area (Å²) in [6.45, 7) is 1.96. The summed E-state index contributed by atoms with van der Waals surface area (Å²) in [5, 5.41) is 6.24. The van der Waals surface area contributed by atoms with Crippen molar-refractivity contribution in [3.63, 3.8) is 0 Å². The highest BCUT2D eigenvalue weighted by Gasteiger charge is 2.13. The number of nitrogens with zero attached hydrogens (tertiary/aromatic N) is 4. The van der Waals surface area contributed by atoms with Gasteiger partial charge in [0.1, 0.15) is 16.4 Å². The van der Waals surface area contributed by atoms with Gasteiger partial charge in [-0.15, -0.1) is 22.7 Å². The number of carbonyl (C=O) groups excluding carboxylic acids is 1. The molecule has 1 N–H and O–H groups in total. The van der Waals surface area contributed by atoms with Crippen LogP contribution in [-0.4, -0.2) is 25.8 Å². The van der Waals surface area contributed by atoms with E-state index in [1.54, 1.807) is 35.3 Å². The molecule has 0 unspecified atom stereocenters. The second-order valence-corrected chi connectivity index (χ2v) is 7.09.